The number of aromatic carboxylic acids is 1. The Morgan fingerprint density at radius 1 is 1.35 bits per heavy atom. The van der Waals surface area contributed by atoms with E-state index in [0.717, 1.165) is 24.2 Å². The van der Waals surface area contributed by atoms with Gasteiger partial charge in [0.15, 0.2) is 0 Å². The second-order valence-corrected chi connectivity index (χ2v) is 5.63. The first-order valence-corrected chi connectivity index (χ1v) is 6.65. The van der Waals surface area contributed by atoms with Crippen LogP contribution in [0.5, 0.6) is 0 Å². The predicted octanol–water partition coefficient (Wildman–Crippen LogP) is 3.18. The van der Waals surface area contributed by atoms with E-state index in [1.54, 1.807) is 18.2 Å². The van der Waals surface area contributed by atoms with Gasteiger partial charge in [-0.05, 0) is 30.0 Å². The summed E-state index contributed by atoms with van der Waals surface area (Å²) in [6.45, 7) is 7.33. The monoisotopic (exact) mass is 273 g/mol. The molecule has 0 atom stereocenters. The maximum absolute atomic E-state index is 11.0. The van der Waals surface area contributed by atoms with Gasteiger partial charge in [0.1, 0.15) is 12.1 Å². The molecular formula is C15H19N3O2. The highest BCUT2D eigenvalue weighted by Gasteiger charge is 2.16. The molecule has 5 heteroatoms. The zero-order valence-electron chi connectivity index (χ0n) is 12.0. The van der Waals surface area contributed by atoms with Crippen LogP contribution in [0.15, 0.2) is 24.5 Å². The molecule has 0 amide bonds. The van der Waals surface area contributed by atoms with Gasteiger partial charge >= 0.3 is 5.97 Å². The molecule has 0 aliphatic rings. The van der Waals surface area contributed by atoms with Gasteiger partial charge in [0.2, 0.25) is 0 Å². The van der Waals surface area contributed by atoms with E-state index >= 15 is 0 Å². The molecule has 0 aliphatic carbocycles. The Morgan fingerprint density at radius 3 is 2.75 bits per heavy atom. The van der Waals surface area contributed by atoms with E-state index in [2.05, 4.69) is 36.1 Å². The lowest BCUT2D eigenvalue weighted by Crippen LogP contribution is -2.22. The van der Waals surface area contributed by atoms with Gasteiger partial charge in [0, 0.05) is 11.9 Å². The number of benzene rings is 1. The zero-order valence-corrected chi connectivity index (χ0v) is 12.0. The summed E-state index contributed by atoms with van der Waals surface area (Å²) in [6, 6.07) is 4.89. The molecule has 0 saturated carbocycles. The summed E-state index contributed by atoms with van der Waals surface area (Å²) in [5.74, 6) is -0.208. The Morgan fingerprint density at radius 2 is 2.10 bits per heavy atom. The first kappa shape index (κ1) is 14.2. The maximum atomic E-state index is 11.0. The van der Waals surface area contributed by atoms with Gasteiger partial charge in [-0.1, -0.05) is 20.8 Å². The number of carboxylic acids is 1. The molecule has 0 aliphatic heterocycles. The number of nitrogens with one attached hydrogen (secondary N) is 1. The fourth-order valence-electron chi connectivity index (χ4n) is 1.78. The smallest absolute Gasteiger partial charge is 0.335 e. The van der Waals surface area contributed by atoms with Gasteiger partial charge in [-0.2, -0.15) is 0 Å². The van der Waals surface area contributed by atoms with Crippen LogP contribution in [0.25, 0.3) is 10.9 Å². The topological polar surface area (TPSA) is 75.1 Å². The third-order valence-corrected chi connectivity index (χ3v) is 3.57. The number of carboxylic acid groups (broad SMARTS) is 1. The minimum Gasteiger partial charge on any atom is -0.478 e. The first-order valence-electron chi connectivity index (χ1n) is 6.65. The van der Waals surface area contributed by atoms with Crippen molar-refractivity contribution in [2.24, 2.45) is 5.41 Å². The fourth-order valence-corrected chi connectivity index (χ4v) is 1.78. The first-order chi connectivity index (χ1) is 9.43. The molecule has 0 bridgehead atoms. The van der Waals surface area contributed by atoms with Crippen LogP contribution in [0.2, 0.25) is 0 Å². The zero-order chi connectivity index (χ0) is 14.8. The van der Waals surface area contributed by atoms with E-state index in [9.17, 15) is 4.79 Å². The maximum Gasteiger partial charge on any atom is 0.335 e. The summed E-state index contributed by atoms with van der Waals surface area (Å²) in [5, 5.41) is 13.2. The van der Waals surface area contributed by atoms with Crippen molar-refractivity contribution in [3.05, 3.63) is 30.1 Å². The van der Waals surface area contributed by atoms with Crippen molar-refractivity contribution >= 4 is 22.7 Å². The normalized spacial score (nSPS) is 11.6. The molecule has 1 aromatic heterocycles. The van der Waals surface area contributed by atoms with Crippen molar-refractivity contribution in [2.75, 3.05) is 11.9 Å². The third kappa shape index (κ3) is 3.04. The van der Waals surface area contributed by atoms with Crippen molar-refractivity contribution in [1.82, 2.24) is 9.97 Å². The summed E-state index contributed by atoms with van der Waals surface area (Å²) in [4.78, 5) is 19.4. The highest BCUT2D eigenvalue weighted by molar-refractivity contribution is 5.96. The van der Waals surface area contributed by atoms with Crippen molar-refractivity contribution in [3.8, 4) is 0 Å². The van der Waals surface area contributed by atoms with Crippen molar-refractivity contribution in [3.63, 3.8) is 0 Å². The molecule has 2 rings (SSSR count). The lowest BCUT2D eigenvalue weighted by Gasteiger charge is -2.23. The van der Waals surface area contributed by atoms with Crippen molar-refractivity contribution in [1.29, 1.82) is 0 Å². The minimum absolute atomic E-state index is 0.179. The number of hydrogen-bond donors (Lipinski definition) is 2. The third-order valence-electron chi connectivity index (χ3n) is 3.57. The number of hydrogen-bond acceptors (Lipinski definition) is 4. The van der Waals surface area contributed by atoms with Gasteiger partial charge in [-0.15, -0.1) is 0 Å². The number of rotatable bonds is 5. The molecule has 1 heterocycles. The molecule has 0 unspecified atom stereocenters. The van der Waals surface area contributed by atoms with Crippen LogP contribution >= 0.6 is 0 Å². The molecular weight excluding hydrogens is 254 g/mol. The Balaban J connectivity index is 2.33. The quantitative estimate of drug-likeness (QED) is 0.875. The average Bonchev–Trinajstić information content (AvgIpc) is 2.44. The molecule has 0 saturated heterocycles. The molecule has 2 N–H and O–H groups in total. The van der Waals surface area contributed by atoms with Crippen LogP contribution in [-0.4, -0.2) is 27.6 Å². The number of aromatic nitrogens is 2. The van der Waals surface area contributed by atoms with E-state index in [1.165, 1.54) is 6.33 Å². The average molecular weight is 273 g/mol. The van der Waals surface area contributed by atoms with Crippen LogP contribution < -0.4 is 5.32 Å². The van der Waals surface area contributed by atoms with Crippen molar-refractivity contribution < 1.29 is 9.90 Å². The molecule has 20 heavy (non-hydrogen) atoms. The highest BCUT2D eigenvalue weighted by atomic mass is 16.4. The van der Waals surface area contributed by atoms with Crippen LogP contribution in [0.4, 0.5) is 5.82 Å². The molecule has 0 radical (unpaired) electrons. The molecule has 0 spiro atoms. The number of anilines is 1. The summed E-state index contributed by atoms with van der Waals surface area (Å²) < 4.78 is 0. The number of nitrogens with zero attached hydrogens (tertiary/aromatic N) is 2. The van der Waals surface area contributed by atoms with Gasteiger partial charge in [0.05, 0.1) is 11.1 Å². The van der Waals surface area contributed by atoms with E-state index in [0.29, 0.717) is 5.52 Å². The van der Waals surface area contributed by atoms with Gasteiger partial charge in [-0.25, -0.2) is 14.8 Å². The molecule has 5 nitrogen and oxygen atoms in total. The van der Waals surface area contributed by atoms with Crippen LogP contribution in [0.1, 0.15) is 37.6 Å². The van der Waals surface area contributed by atoms with Gasteiger partial charge in [-0.3, -0.25) is 0 Å². The lowest BCUT2D eigenvalue weighted by molar-refractivity contribution is 0.0697. The number of fused-ring (bicyclic) bond motifs is 1. The summed E-state index contributed by atoms with van der Waals surface area (Å²) in [6.07, 6.45) is 2.52. The summed E-state index contributed by atoms with van der Waals surface area (Å²) in [7, 11) is 0. The van der Waals surface area contributed by atoms with E-state index in [1.807, 2.05) is 0 Å². The molecule has 0 fully saturated rings. The van der Waals surface area contributed by atoms with Gasteiger partial charge in [0.25, 0.3) is 0 Å². The summed E-state index contributed by atoms with van der Waals surface area (Å²) in [5.41, 5.74) is 1.05. The number of carbonyl (C=O) groups is 1. The SMILES string of the molecule is CCC(C)(C)CNc1ncnc2cc(C(=O)O)ccc12. The predicted molar refractivity (Wildman–Crippen MR) is 79.1 cm³/mol. The van der Waals surface area contributed by atoms with E-state index in [-0.39, 0.29) is 11.0 Å². The largest absolute Gasteiger partial charge is 0.478 e. The highest BCUT2D eigenvalue weighted by Crippen LogP contribution is 2.24. The van der Waals surface area contributed by atoms with Gasteiger partial charge < -0.3 is 10.4 Å². The van der Waals surface area contributed by atoms with Crippen LogP contribution in [-0.2, 0) is 0 Å². The van der Waals surface area contributed by atoms with Crippen molar-refractivity contribution in [2.45, 2.75) is 27.2 Å². The standard InChI is InChI=1S/C15H19N3O2/c1-4-15(2,3)8-16-13-11-6-5-10(14(19)20)7-12(11)17-9-18-13/h5-7,9H,4,8H2,1-3H3,(H,19,20)(H,16,17,18). The fraction of sp³-hybridized carbons (Fsp3) is 0.400. The van der Waals surface area contributed by atoms with E-state index < -0.39 is 5.97 Å². The van der Waals surface area contributed by atoms with E-state index in [4.69, 9.17) is 5.11 Å². The second-order valence-electron chi connectivity index (χ2n) is 5.63. The Bertz CT molecular complexity index is 638. The van der Waals surface area contributed by atoms with Crippen LogP contribution in [0.3, 0.4) is 0 Å². The summed E-state index contributed by atoms with van der Waals surface area (Å²) >= 11 is 0. The Kier molecular flexibility index (Phi) is 3.88. The lowest BCUT2D eigenvalue weighted by atomic mass is 9.90. The Labute approximate surface area is 118 Å². The minimum atomic E-state index is -0.952. The van der Waals surface area contributed by atoms with Crippen LogP contribution in [0, 0.1) is 5.41 Å². The molecule has 1 aromatic carbocycles. The molecule has 2 aromatic rings. The Hall–Kier alpha value is -2.17. The molecule has 106 valence electrons. The second kappa shape index (κ2) is 5.45.